The van der Waals surface area contributed by atoms with Crippen molar-refractivity contribution in [2.45, 2.75) is 5.92 Å². The highest BCUT2D eigenvalue weighted by Crippen LogP contribution is 2.44. The summed E-state index contributed by atoms with van der Waals surface area (Å²) < 4.78 is 26.4. The highest BCUT2D eigenvalue weighted by atomic mass is 19.1. The van der Waals surface area contributed by atoms with E-state index < -0.39 is 17.4 Å². The van der Waals surface area contributed by atoms with Crippen LogP contribution in [0, 0.1) is 17.1 Å². The molecule has 6 nitrogen and oxygen atoms in total. The number of halogens is 1. The summed E-state index contributed by atoms with van der Waals surface area (Å²) in [7, 11) is 0. The van der Waals surface area contributed by atoms with Crippen molar-refractivity contribution in [2.75, 3.05) is 0 Å². The van der Waals surface area contributed by atoms with Crippen LogP contribution < -0.4 is 16.1 Å². The summed E-state index contributed by atoms with van der Waals surface area (Å²) in [5, 5.41) is 10.2. The Balaban J connectivity index is 1.75. The van der Waals surface area contributed by atoms with E-state index in [1.165, 1.54) is 6.07 Å². The van der Waals surface area contributed by atoms with E-state index >= 15 is 4.39 Å². The number of benzene rings is 2. The molecule has 0 radical (unpaired) electrons. The Morgan fingerprint density at radius 1 is 1.06 bits per heavy atom. The second-order valence-corrected chi connectivity index (χ2v) is 7.03. The highest BCUT2D eigenvalue weighted by molar-refractivity contribution is 5.86. The van der Waals surface area contributed by atoms with Gasteiger partial charge in [0.05, 0.1) is 16.9 Å². The lowest BCUT2D eigenvalue weighted by Gasteiger charge is -2.26. The van der Waals surface area contributed by atoms with Crippen LogP contribution in [-0.4, -0.2) is 4.98 Å². The summed E-state index contributed by atoms with van der Waals surface area (Å²) in [5.74, 6) is -1.64. The third-order valence-electron chi connectivity index (χ3n) is 5.30. The van der Waals surface area contributed by atoms with Crippen molar-refractivity contribution in [3.63, 3.8) is 0 Å². The first-order chi connectivity index (χ1) is 15.1. The summed E-state index contributed by atoms with van der Waals surface area (Å²) in [6.07, 6.45) is 3.23. The monoisotopic (exact) mass is 411 g/mol. The number of para-hydroxylation sites is 1. The molecular formula is C24H14FN3O3. The van der Waals surface area contributed by atoms with E-state index in [0.29, 0.717) is 16.5 Å². The quantitative estimate of drug-likeness (QED) is 0.496. The van der Waals surface area contributed by atoms with Crippen LogP contribution in [0.5, 0.6) is 5.75 Å². The molecule has 3 heterocycles. The summed E-state index contributed by atoms with van der Waals surface area (Å²) in [5.41, 5.74) is 7.16. The number of ether oxygens (including phenoxy) is 1. The number of pyridine rings is 1. The lowest BCUT2D eigenvalue weighted by atomic mass is 9.83. The Kier molecular flexibility index (Phi) is 4.26. The lowest BCUT2D eigenvalue weighted by Crippen LogP contribution is -2.26. The van der Waals surface area contributed by atoms with Gasteiger partial charge in [0, 0.05) is 18.0 Å². The van der Waals surface area contributed by atoms with E-state index in [1.54, 1.807) is 60.9 Å². The molecule has 5 rings (SSSR count). The Bertz CT molecular complexity index is 1470. The molecule has 1 aliphatic rings. The van der Waals surface area contributed by atoms with Gasteiger partial charge in [0.15, 0.2) is 5.75 Å². The minimum Gasteiger partial charge on any atom is -0.439 e. The maximum atomic E-state index is 15.3. The molecule has 0 spiro atoms. The number of hydrogen-bond donors (Lipinski definition) is 1. The molecule has 0 saturated carbocycles. The molecule has 2 N–H and O–H groups in total. The smallest absolute Gasteiger partial charge is 0.344 e. The van der Waals surface area contributed by atoms with Crippen LogP contribution in [0.4, 0.5) is 4.39 Å². The molecule has 2 aromatic carbocycles. The Morgan fingerprint density at radius 2 is 1.84 bits per heavy atom. The fourth-order valence-corrected chi connectivity index (χ4v) is 3.86. The van der Waals surface area contributed by atoms with Crippen LogP contribution in [-0.2, 0) is 0 Å². The Morgan fingerprint density at radius 3 is 2.58 bits per heavy atom. The first kappa shape index (κ1) is 18.6. The topological polar surface area (TPSA) is 102 Å². The fourth-order valence-electron chi connectivity index (χ4n) is 3.86. The molecule has 0 saturated heterocycles. The standard InChI is InChI=1S/C24H14FN3O3/c25-18-11-14(13-7-9-28-10-8-13)5-6-15(18)20-17(12-26)23(27)31-22-16-3-1-2-4-19(16)30-24(29)21(20)22/h1-11,20H,27H2. The largest absolute Gasteiger partial charge is 0.439 e. The van der Waals surface area contributed by atoms with Gasteiger partial charge in [0.25, 0.3) is 0 Å². The molecule has 31 heavy (non-hydrogen) atoms. The number of nitriles is 1. The summed E-state index contributed by atoms with van der Waals surface area (Å²) in [6.45, 7) is 0. The first-order valence-corrected chi connectivity index (χ1v) is 9.41. The second-order valence-electron chi connectivity index (χ2n) is 7.03. The molecule has 0 amide bonds. The van der Waals surface area contributed by atoms with Crippen LogP contribution >= 0.6 is 0 Å². The van der Waals surface area contributed by atoms with E-state index in [4.69, 9.17) is 14.9 Å². The number of nitrogens with zero attached hydrogens (tertiary/aromatic N) is 2. The van der Waals surface area contributed by atoms with Crippen LogP contribution in [0.3, 0.4) is 0 Å². The summed E-state index contributed by atoms with van der Waals surface area (Å²) in [4.78, 5) is 16.8. The van der Waals surface area contributed by atoms with Crippen molar-refractivity contribution in [1.82, 2.24) is 4.98 Å². The number of hydrogen-bond acceptors (Lipinski definition) is 6. The van der Waals surface area contributed by atoms with Crippen molar-refractivity contribution in [3.05, 3.63) is 106 Å². The molecule has 4 aromatic rings. The average molecular weight is 411 g/mol. The van der Waals surface area contributed by atoms with E-state index in [9.17, 15) is 10.1 Å². The van der Waals surface area contributed by atoms with Gasteiger partial charge in [-0.15, -0.1) is 0 Å². The molecule has 0 fully saturated rings. The van der Waals surface area contributed by atoms with Crippen molar-refractivity contribution in [2.24, 2.45) is 5.73 Å². The predicted molar refractivity (Wildman–Crippen MR) is 111 cm³/mol. The Labute approximate surface area is 175 Å². The molecule has 1 aliphatic heterocycles. The number of aromatic nitrogens is 1. The van der Waals surface area contributed by atoms with Gasteiger partial charge in [-0.05, 0) is 41.5 Å². The van der Waals surface area contributed by atoms with Gasteiger partial charge in [0.2, 0.25) is 5.88 Å². The SMILES string of the molecule is N#CC1=C(N)Oc2c(c(=O)oc3ccccc23)C1c1ccc(-c2ccncc2)cc1F. The molecule has 1 unspecified atom stereocenters. The van der Waals surface area contributed by atoms with Crippen molar-refractivity contribution >= 4 is 11.0 Å². The zero-order chi connectivity index (χ0) is 21.5. The number of rotatable bonds is 2. The predicted octanol–water partition coefficient (Wildman–Crippen LogP) is 4.21. The van der Waals surface area contributed by atoms with Crippen LogP contribution in [0.2, 0.25) is 0 Å². The van der Waals surface area contributed by atoms with E-state index in [-0.39, 0.29) is 28.3 Å². The van der Waals surface area contributed by atoms with E-state index in [2.05, 4.69) is 4.98 Å². The lowest BCUT2D eigenvalue weighted by molar-refractivity contribution is 0.387. The molecule has 0 bridgehead atoms. The first-order valence-electron chi connectivity index (χ1n) is 9.41. The van der Waals surface area contributed by atoms with Gasteiger partial charge in [-0.1, -0.05) is 24.3 Å². The zero-order valence-corrected chi connectivity index (χ0v) is 16.0. The minimum absolute atomic E-state index is 0.0417. The van der Waals surface area contributed by atoms with E-state index in [1.807, 2.05) is 6.07 Å². The van der Waals surface area contributed by atoms with Gasteiger partial charge in [-0.3, -0.25) is 4.98 Å². The van der Waals surface area contributed by atoms with Crippen molar-refractivity contribution < 1.29 is 13.5 Å². The van der Waals surface area contributed by atoms with Crippen molar-refractivity contribution in [3.8, 4) is 22.9 Å². The van der Waals surface area contributed by atoms with Gasteiger partial charge in [0.1, 0.15) is 23.0 Å². The third kappa shape index (κ3) is 2.93. The summed E-state index contributed by atoms with van der Waals surface area (Å²) >= 11 is 0. The number of allylic oxidation sites excluding steroid dienone is 1. The molecule has 150 valence electrons. The third-order valence-corrected chi connectivity index (χ3v) is 5.30. The van der Waals surface area contributed by atoms with Gasteiger partial charge in [-0.25, -0.2) is 9.18 Å². The average Bonchev–Trinajstić information content (AvgIpc) is 2.79. The molecule has 2 aromatic heterocycles. The minimum atomic E-state index is -1.05. The Hall–Kier alpha value is -4.44. The van der Waals surface area contributed by atoms with Gasteiger partial charge in [-0.2, -0.15) is 5.26 Å². The van der Waals surface area contributed by atoms with Crippen LogP contribution in [0.1, 0.15) is 17.0 Å². The fraction of sp³-hybridized carbons (Fsp3) is 0.0417. The maximum Gasteiger partial charge on any atom is 0.344 e. The van der Waals surface area contributed by atoms with E-state index in [0.717, 1.165) is 5.56 Å². The molecule has 7 heteroatoms. The molecule has 0 aliphatic carbocycles. The zero-order valence-electron chi connectivity index (χ0n) is 16.0. The summed E-state index contributed by atoms with van der Waals surface area (Å²) in [6, 6.07) is 16.9. The number of fused-ring (bicyclic) bond motifs is 3. The van der Waals surface area contributed by atoms with Crippen LogP contribution in [0.25, 0.3) is 22.1 Å². The molecule has 1 atom stereocenters. The van der Waals surface area contributed by atoms with Crippen molar-refractivity contribution in [1.29, 1.82) is 5.26 Å². The molecular weight excluding hydrogens is 397 g/mol. The van der Waals surface area contributed by atoms with Crippen LogP contribution in [0.15, 0.2) is 87.7 Å². The van der Waals surface area contributed by atoms with Gasteiger partial charge >= 0.3 is 5.63 Å². The van der Waals surface area contributed by atoms with Gasteiger partial charge < -0.3 is 14.9 Å². The maximum absolute atomic E-state index is 15.3. The highest BCUT2D eigenvalue weighted by Gasteiger charge is 2.36. The normalized spacial score (nSPS) is 15.3. The second kappa shape index (κ2) is 7.11. The number of nitrogens with two attached hydrogens (primary N) is 1.